The van der Waals surface area contributed by atoms with Crippen LogP contribution in [0.5, 0.6) is 0 Å². The van der Waals surface area contributed by atoms with Crippen molar-refractivity contribution < 1.29 is 4.79 Å². The van der Waals surface area contributed by atoms with Gasteiger partial charge in [-0.05, 0) is 18.2 Å². The van der Waals surface area contributed by atoms with Crippen LogP contribution in [0, 0.1) is 0 Å². The Kier molecular flexibility index (Phi) is 4.52. The van der Waals surface area contributed by atoms with Crippen LogP contribution in [-0.2, 0) is 13.0 Å². The fourth-order valence-electron chi connectivity index (χ4n) is 2.66. The summed E-state index contributed by atoms with van der Waals surface area (Å²) in [6.07, 6.45) is 6.20. The molecule has 23 heavy (non-hydrogen) atoms. The monoisotopic (exact) mass is 305 g/mol. The topological polar surface area (TPSA) is 46.9 Å². The first-order chi connectivity index (χ1) is 11.3. The zero-order valence-corrected chi connectivity index (χ0v) is 12.9. The number of hydrogen-bond donors (Lipinski definition) is 1. The minimum Gasteiger partial charge on any atom is -0.352 e. The highest BCUT2D eigenvalue weighted by Crippen LogP contribution is 2.21. The second-order valence-electron chi connectivity index (χ2n) is 5.33. The number of nitrogens with zero attached hydrogens (tertiary/aromatic N) is 2. The Morgan fingerprint density at radius 2 is 2.04 bits per heavy atom. The molecule has 1 N–H and O–H groups in total. The van der Waals surface area contributed by atoms with Crippen molar-refractivity contribution in [1.29, 1.82) is 0 Å². The lowest BCUT2D eigenvalue weighted by molar-refractivity contribution is 0.0955. The van der Waals surface area contributed by atoms with Gasteiger partial charge in [-0.1, -0.05) is 30.3 Å². The van der Waals surface area contributed by atoms with E-state index in [0.29, 0.717) is 18.7 Å². The number of para-hydroxylation sites is 1. The van der Waals surface area contributed by atoms with Gasteiger partial charge in [-0.25, -0.2) is 0 Å². The van der Waals surface area contributed by atoms with Crippen molar-refractivity contribution in [3.63, 3.8) is 0 Å². The second-order valence-corrected chi connectivity index (χ2v) is 5.33. The third-order valence-corrected chi connectivity index (χ3v) is 3.75. The molecule has 0 bridgehead atoms. The van der Waals surface area contributed by atoms with E-state index in [1.165, 1.54) is 0 Å². The summed E-state index contributed by atoms with van der Waals surface area (Å²) in [5.41, 5.74) is 2.72. The summed E-state index contributed by atoms with van der Waals surface area (Å²) in [5.74, 6) is -0.0556. The smallest absolute Gasteiger partial charge is 0.253 e. The Morgan fingerprint density at radius 1 is 1.22 bits per heavy atom. The molecule has 3 aromatic rings. The number of benzene rings is 1. The van der Waals surface area contributed by atoms with Crippen LogP contribution in [-0.4, -0.2) is 22.0 Å². The lowest BCUT2D eigenvalue weighted by atomic mass is 10.1. The van der Waals surface area contributed by atoms with Crippen molar-refractivity contribution in [2.75, 3.05) is 6.54 Å². The van der Waals surface area contributed by atoms with Gasteiger partial charge in [0.25, 0.3) is 5.91 Å². The number of nitrogens with one attached hydrogen (secondary N) is 1. The van der Waals surface area contributed by atoms with E-state index in [2.05, 4.69) is 16.9 Å². The summed E-state index contributed by atoms with van der Waals surface area (Å²) >= 11 is 0. The van der Waals surface area contributed by atoms with Crippen molar-refractivity contribution in [3.05, 3.63) is 78.8 Å². The first-order valence-corrected chi connectivity index (χ1v) is 7.66. The number of aromatic nitrogens is 2. The largest absolute Gasteiger partial charge is 0.352 e. The van der Waals surface area contributed by atoms with Crippen molar-refractivity contribution in [3.8, 4) is 0 Å². The molecule has 1 aromatic carbocycles. The van der Waals surface area contributed by atoms with E-state index >= 15 is 0 Å². The third-order valence-electron chi connectivity index (χ3n) is 3.75. The molecular weight excluding hydrogens is 286 g/mol. The molecule has 0 aliphatic carbocycles. The molecule has 4 heteroatoms. The standard InChI is InChI=1S/C19H19N3O/c1-2-13-22-14-17(16-8-3-4-9-18(16)22)19(23)21-12-10-15-7-5-6-11-20-15/h2-9,11,14H,1,10,12-13H2,(H,21,23). The van der Waals surface area contributed by atoms with E-state index in [0.717, 1.165) is 23.0 Å². The first-order valence-electron chi connectivity index (χ1n) is 7.66. The van der Waals surface area contributed by atoms with Crippen LogP contribution >= 0.6 is 0 Å². The maximum atomic E-state index is 12.5. The summed E-state index contributed by atoms with van der Waals surface area (Å²) in [6, 6.07) is 13.7. The minimum atomic E-state index is -0.0556. The van der Waals surface area contributed by atoms with Gasteiger partial charge in [0.1, 0.15) is 0 Å². The predicted molar refractivity (Wildman–Crippen MR) is 92.4 cm³/mol. The van der Waals surface area contributed by atoms with Crippen LogP contribution in [0.4, 0.5) is 0 Å². The minimum absolute atomic E-state index is 0.0556. The second kappa shape index (κ2) is 6.92. The zero-order valence-electron chi connectivity index (χ0n) is 12.9. The number of carbonyl (C=O) groups excluding carboxylic acids is 1. The van der Waals surface area contributed by atoms with E-state index in [4.69, 9.17) is 0 Å². The molecule has 0 radical (unpaired) electrons. The Labute approximate surface area is 135 Å². The lowest BCUT2D eigenvalue weighted by Gasteiger charge is -2.04. The van der Waals surface area contributed by atoms with Gasteiger partial charge in [0.15, 0.2) is 0 Å². The summed E-state index contributed by atoms with van der Waals surface area (Å²) < 4.78 is 2.04. The Hall–Kier alpha value is -2.88. The molecule has 2 heterocycles. The SMILES string of the molecule is C=CCn1cc(C(=O)NCCc2ccccn2)c2ccccc21. The molecule has 0 saturated carbocycles. The van der Waals surface area contributed by atoms with Crippen LogP contribution in [0.3, 0.4) is 0 Å². The number of fused-ring (bicyclic) bond motifs is 1. The van der Waals surface area contributed by atoms with Gasteiger partial charge in [-0.3, -0.25) is 9.78 Å². The lowest BCUT2D eigenvalue weighted by Crippen LogP contribution is -2.25. The van der Waals surface area contributed by atoms with Crippen LogP contribution in [0.25, 0.3) is 10.9 Å². The normalized spacial score (nSPS) is 10.6. The van der Waals surface area contributed by atoms with Gasteiger partial charge in [0, 0.05) is 48.5 Å². The molecule has 0 unspecified atom stereocenters. The van der Waals surface area contributed by atoms with Gasteiger partial charge in [0.2, 0.25) is 0 Å². The van der Waals surface area contributed by atoms with E-state index in [1.807, 2.05) is 59.3 Å². The molecule has 2 aromatic heterocycles. The van der Waals surface area contributed by atoms with Crippen LogP contribution in [0.15, 0.2) is 67.5 Å². The third kappa shape index (κ3) is 3.31. The van der Waals surface area contributed by atoms with E-state index in [-0.39, 0.29) is 5.91 Å². The van der Waals surface area contributed by atoms with E-state index < -0.39 is 0 Å². The molecule has 116 valence electrons. The summed E-state index contributed by atoms with van der Waals surface area (Å²) in [5, 5.41) is 3.94. The number of carbonyl (C=O) groups is 1. The maximum Gasteiger partial charge on any atom is 0.253 e. The molecule has 0 aliphatic rings. The summed E-state index contributed by atoms with van der Waals surface area (Å²) in [4.78, 5) is 16.8. The van der Waals surface area contributed by atoms with Crippen molar-refractivity contribution >= 4 is 16.8 Å². The summed E-state index contributed by atoms with van der Waals surface area (Å²) in [6.45, 7) is 5.02. The highest BCUT2D eigenvalue weighted by molar-refractivity contribution is 6.07. The van der Waals surface area contributed by atoms with E-state index in [1.54, 1.807) is 6.20 Å². The molecular formula is C19H19N3O. The molecule has 4 nitrogen and oxygen atoms in total. The van der Waals surface area contributed by atoms with Crippen LogP contribution < -0.4 is 5.32 Å². The highest BCUT2D eigenvalue weighted by atomic mass is 16.1. The van der Waals surface area contributed by atoms with Crippen molar-refractivity contribution in [2.24, 2.45) is 0 Å². The number of amides is 1. The quantitative estimate of drug-likeness (QED) is 0.711. The number of allylic oxidation sites excluding steroid dienone is 1. The number of hydrogen-bond acceptors (Lipinski definition) is 2. The Balaban J connectivity index is 1.74. The van der Waals surface area contributed by atoms with Gasteiger partial charge < -0.3 is 9.88 Å². The molecule has 0 saturated heterocycles. The molecule has 0 spiro atoms. The summed E-state index contributed by atoms with van der Waals surface area (Å²) in [7, 11) is 0. The fourth-order valence-corrected chi connectivity index (χ4v) is 2.66. The highest BCUT2D eigenvalue weighted by Gasteiger charge is 2.13. The predicted octanol–water partition coefficient (Wildman–Crippen LogP) is 3.19. The Bertz CT molecular complexity index is 821. The van der Waals surface area contributed by atoms with Crippen molar-refractivity contribution in [2.45, 2.75) is 13.0 Å². The van der Waals surface area contributed by atoms with E-state index in [9.17, 15) is 4.79 Å². The average molecular weight is 305 g/mol. The molecule has 0 fully saturated rings. The van der Waals surface area contributed by atoms with Crippen LogP contribution in [0.2, 0.25) is 0 Å². The molecule has 3 rings (SSSR count). The van der Waals surface area contributed by atoms with Crippen LogP contribution in [0.1, 0.15) is 16.1 Å². The first kappa shape index (κ1) is 15.0. The van der Waals surface area contributed by atoms with Gasteiger partial charge in [-0.2, -0.15) is 0 Å². The number of rotatable bonds is 6. The number of pyridine rings is 1. The molecule has 0 atom stereocenters. The van der Waals surface area contributed by atoms with Gasteiger partial charge >= 0.3 is 0 Å². The van der Waals surface area contributed by atoms with Crippen molar-refractivity contribution in [1.82, 2.24) is 14.9 Å². The average Bonchev–Trinajstić information content (AvgIpc) is 2.95. The maximum absolute atomic E-state index is 12.5. The Morgan fingerprint density at radius 3 is 2.83 bits per heavy atom. The van der Waals surface area contributed by atoms with Gasteiger partial charge in [0.05, 0.1) is 5.56 Å². The molecule has 1 amide bonds. The van der Waals surface area contributed by atoms with Gasteiger partial charge in [-0.15, -0.1) is 6.58 Å². The molecule has 0 aliphatic heterocycles. The fraction of sp³-hybridized carbons (Fsp3) is 0.158. The zero-order chi connectivity index (χ0) is 16.1.